The van der Waals surface area contributed by atoms with E-state index >= 15 is 0 Å². The van der Waals surface area contributed by atoms with Crippen molar-refractivity contribution in [2.45, 2.75) is 13.8 Å². The van der Waals surface area contributed by atoms with Gasteiger partial charge in [0.15, 0.2) is 5.57 Å². The number of esters is 2. The van der Waals surface area contributed by atoms with Crippen LogP contribution in [0.3, 0.4) is 0 Å². The molecule has 0 aliphatic carbocycles. The molecular weight excluding hydrogens is 260 g/mol. The Morgan fingerprint density at radius 2 is 1.80 bits per heavy atom. The van der Waals surface area contributed by atoms with Crippen molar-refractivity contribution in [2.24, 2.45) is 0 Å². The Balaban J connectivity index is 3.00. The van der Waals surface area contributed by atoms with Crippen LogP contribution in [0.2, 0.25) is 0 Å². The highest BCUT2D eigenvalue weighted by Crippen LogP contribution is 2.11. The lowest BCUT2D eigenvalue weighted by Crippen LogP contribution is -2.22. The molecule has 0 unspecified atom stereocenters. The summed E-state index contributed by atoms with van der Waals surface area (Å²) in [5.41, 5.74) is -0.165. The average Bonchev–Trinajstić information content (AvgIpc) is 2.45. The van der Waals surface area contributed by atoms with Gasteiger partial charge in [-0.25, -0.2) is 14.6 Å². The lowest BCUT2D eigenvalue weighted by molar-refractivity contribution is -0.146. The van der Waals surface area contributed by atoms with E-state index in [9.17, 15) is 9.59 Å². The minimum atomic E-state index is -0.714. The lowest BCUT2D eigenvalue weighted by Gasteiger charge is -2.14. The normalized spacial score (nSPS) is 9.55. The van der Waals surface area contributed by atoms with E-state index in [0.29, 0.717) is 5.82 Å². The summed E-state index contributed by atoms with van der Waals surface area (Å²) in [4.78, 5) is 29.3. The van der Waals surface area contributed by atoms with Gasteiger partial charge in [-0.15, -0.1) is 0 Å². The number of aromatic nitrogens is 1. The number of hydrogen-bond donors (Lipinski definition) is 0. The van der Waals surface area contributed by atoms with Crippen molar-refractivity contribution in [3.8, 4) is 0 Å². The maximum absolute atomic E-state index is 11.8. The monoisotopic (exact) mass is 278 g/mol. The quantitative estimate of drug-likeness (QED) is 0.340. The minimum Gasteiger partial charge on any atom is -0.462 e. The summed E-state index contributed by atoms with van der Waals surface area (Å²) in [6, 6.07) is 5.34. The van der Waals surface area contributed by atoms with Gasteiger partial charge in [0, 0.05) is 19.4 Å². The molecule has 1 aromatic heterocycles. The highest BCUT2D eigenvalue weighted by Gasteiger charge is 2.22. The zero-order chi connectivity index (χ0) is 15.0. The van der Waals surface area contributed by atoms with Gasteiger partial charge in [0.05, 0.1) is 13.2 Å². The van der Waals surface area contributed by atoms with Gasteiger partial charge in [0.25, 0.3) is 0 Å². The van der Waals surface area contributed by atoms with Crippen LogP contribution in [-0.4, -0.2) is 37.2 Å². The van der Waals surface area contributed by atoms with E-state index in [0.717, 1.165) is 0 Å². The first-order valence-corrected chi connectivity index (χ1v) is 6.30. The smallest absolute Gasteiger partial charge is 0.347 e. The Hall–Kier alpha value is -2.37. The number of anilines is 1. The zero-order valence-corrected chi connectivity index (χ0v) is 11.8. The molecule has 0 amide bonds. The average molecular weight is 278 g/mol. The molecule has 0 saturated heterocycles. The molecule has 20 heavy (non-hydrogen) atoms. The SMILES string of the molecule is CCOC(=O)C(=CN(C)c1ccccn1)C(=O)OCC. The summed E-state index contributed by atoms with van der Waals surface area (Å²) >= 11 is 0. The molecule has 0 spiro atoms. The zero-order valence-electron chi connectivity index (χ0n) is 11.8. The predicted molar refractivity (Wildman–Crippen MR) is 74.0 cm³/mol. The fraction of sp³-hybridized carbons (Fsp3) is 0.357. The van der Waals surface area contributed by atoms with Crippen molar-refractivity contribution in [1.29, 1.82) is 0 Å². The van der Waals surface area contributed by atoms with Gasteiger partial charge in [-0.05, 0) is 26.0 Å². The van der Waals surface area contributed by atoms with E-state index in [1.165, 1.54) is 6.20 Å². The predicted octanol–water partition coefficient (Wildman–Crippen LogP) is 1.53. The van der Waals surface area contributed by atoms with Crippen LogP contribution < -0.4 is 4.90 Å². The molecule has 0 aliphatic heterocycles. The number of carbonyl (C=O) groups excluding carboxylic acids is 2. The first-order valence-electron chi connectivity index (χ1n) is 6.30. The standard InChI is InChI=1S/C14H18N2O4/c1-4-19-13(17)11(14(18)20-5-2)10-16(3)12-8-6-7-9-15-12/h6-10H,4-5H2,1-3H3. The van der Waals surface area contributed by atoms with E-state index in [1.807, 2.05) is 0 Å². The number of rotatable bonds is 6. The molecule has 1 aromatic rings. The maximum atomic E-state index is 11.8. The molecule has 0 fully saturated rings. The van der Waals surface area contributed by atoms with Gasteiger partial charge < -0.3 is 14.4 Å². The third-order valence-corrected chi connectivity index (χ3v) is 2.32. The van der Waals surface area contributed by atoms with Crippen LogP contribution in [0.25, 0.3) is 0 Å². The van der Waals surface area contributed by atoms with Gasteiger partial charge in [0.1, 0.15) is 5.82 Å². The van der Waals surface area contributed by atoms with E-state index in [1.54, 1.807) is 50.2 Å². The molecule has 0 aliphatic rings. The van der Waals surface area contributed by atoms with E-state index in [2.05, 4.69) is 4.98 Å². The van der Waals surface area contributed by atoms with E-state index in [-0.39, 0.29) is 18.8 Å². The van der Waals surface area contributed by atoms with Gasteiger partial charge >= 0.3 is 11.9 Å². The van der Waals surface area contributed by atoms with Crippen LogP contribution in [0.4, 0.5) is 5.82 Å². The fourth-order valence-corrected chi connectivity index (χ4v) is 1.43. The van der Waals surface area contributed by atoms with Crippen molar-refractivity contribution in [3.05, 3.63) is 36.2 Å². The summed E-state index contributed by atoms with van der Waals surface area (Å²) in [6.07, 6.45) is 2.98. The fourth-order valence-electron chi connectivity index (χ4n) is 1.43. The molecule has 108 valence electrons. The molecule has 6 heteroatoms. The minimum absolute atomic E-state index is 0.165. The maximum Gasteiger partial charge on any atom is 0.347 e. The molecule has 0 saturated carbocycles. The molecular formula is C14H18N2O4. The first kappa shape index (κ1) is 15.7. The highest BCUT2D eigenvalue weighted by atomic mass is 16.6. The van der Waals surface area contributed by atoms with Gasteiger partial charge in [0.2, 0.25) is 0 Å². The van der Waals surface area contributed by atoms with Crippen LogP contribution >= 0.6 is 0 Å². The Bertz CT molecular complexity index is 465. The first-order chi connectivity index (χ1) is 9.60. The molecule has 0 N–H and O–H groups in total. The van der Waals surface area contributed by atoms with Crippen molar-refractivity contribution in [2.75, 3.05) is 25.2 Å². The van der Waals surface area contributed by atoms with E-state index < -0.39 is 11.9 Å². The van der Waals surface area contributed by atoms with E-state index in [4.69, 9.17) is 9.47 Å². The third-order valence-electron chi connectivity index (χ3n) is 2.32. The third kappa shape index (κ3) is 4.38. The molecule has 0 aromatic carbocycles. The molecule has 0 radical (unpaired) electrons. The molecule has 1 rings (SSSR count). The summed E-state index contributed by atoms with van der Waals surface area (Å²) in [7, 11) is 1.68. The second-order valence-electron chi connectivity index (χ2n) is 3.78. The molecule has 0 bridgehead atoms. The van der Waals surface area contributed by atoms with Crippen molar-refractivity contribution >= 4 is 17.8 Å². The second-order valence-corrected chi connectivity index (χ2v) is 3.78. The largest absolute Gasteiger partial charge is 0.462 e. The second kappa shape index (κ2) is 7.93. The summed E-state index contributed by atoms with van der Waals surface area (Å²) < 4.78 is 9.71. The Morgan fingerprint density at radius 3 is 2.25 bits per heavy atom. The summed E-state index contributed by atoms with van der Waals surface area (Å²) in [5.74, 6) is -0.832. The van der Waals surface area contributed by atoms with Gasteiger partial charge in [-0.3, -0.25) is 0 Å². The molecule has 6 nitrogen and oxygen atoms in total. The van der Waals surface area contributed by atoms with Crippen molar-refractivity contribution in [3.63, 3.8) is 0 Å². The summed E-state index contributed by atoms with van der Waals surface area (Å²) in [6.45, 7) is 3.71. The number of carbonyl (C=O) groups is 2. The number of nitrogens with zero attached hydrogens (tertiary/aromatic N) is 2. The van der Waals surface area contributed by atoms with Gasteiger partial charge in [-0.2, -0.15) is 0 Å². The van der Waals surface area contributed by atoms with Crippen molar-refractivity contribution < 1.29 is 19.1 Å². The van der Waals surface area contributed by atoms with Crippen LogP contribution in [0.1, 0.15) is 13.8 Å². The highest BCUT2D eigenvalue weighted by molar-refractivity contribution is 6.14. The van der Waals surface area contributed by atoms with Crippen molar-refractivity contribution in [1.82, 2.24) is 4.98 Å². The van der Waals surface area contributed by atoms with Crippen LogP contribution in [0, 0.1) is 0 Å². The Morgan fingerprint density at radius 1 is 1.20 bits per heavy atom. The molecule has 1 heterocycles. The number of pyridine rings is 1. The van der Waals surface area contributed by atoms with Crippen LogP contribution in [0.5, 0.6) is 0 Å². The van der Waals surface area contributed by atoms with Crippen LogP contribution in [-0.2, 0) is 19.1 Å². The Labute approximate surface area is 118 Å². The number of ether oxygens (including phenoxy) is 2. The topological polar surface area (TPSA) is 68.7 Å². The van der Waals surface area contributed by atoms with Gasteiger partial charge in [-0.1, -0.05) is 6.07 Å². The summed E-state index contributed by atoms with van der Waals surface area (Å²) in [5, 5.41) is 0. The Kier molecular flexibility index (Phi) is 6.22. The molecule has 0 atom stereocenters. The lowest BCUT2D eigenvalue weighted by atomic mass is 10.3. The number of hydrogen-bond acceptors (Lipinski definition) is 6. The van der Waals surface area contributed by atoms with Crippen LogP contribution in [0.15, 0.2) is 36.2 Å².